The van der Waals surface area contributed by atoms with Crippen LogP contribution < -0.4 is 4.80 Å². The molecule has 4 rings (SSSR count). The first-order valence-electron chi connectivity index (χ1n) is 8.74. The van der Waals surface area contributed by atoms with E-state index in [4.69, 9.17) is 0 Å². The number of nitrogens with zero attached hydrogens (tertiary/aromatic N) is 3. The zero-order valence-corrected chi connectivity index (χ0v) is 17.2. The van der Waals surface area contributed by atoms with Gasteiger partial charge in [-0.15, -0.1) is 22.7 Å². The molecule has 0 aliphatic heterocycles. The lowest BCUT2D eigenvalue weighted by Crippen LogP contribution is -2.13. The van der Waals surface area contributed by atoms with Crippen LogP contribution in [0.3, 0.4) is 0 Å². The van der Waals surface area contributed by atoms with Crippen LogP contribution in [0, 0.1) is 11.6 Å². The number of aromatic nitrogens is 1. The highest BCUT2D eigenvalue weighted by Crippen LogP contribution is 2.27. The van der Waals surface area contributed by atoms with Crippen LogP contribution in [-0.4, -0.2) is 20.6 Å². The van der Waals surface area contributed by atoms with E-state index in [1.807, 2.05) is 22.9 Å². The van der Waals surface area contributed by atoms with Crippen molar-refractivity contribution in [1.82, 2.24) is 4.68 Å². The number of benzene rings is 2. The molecule has 0 bridgehead atoms. The van der Waals surface area contributed by atoms with Gasteiger partial charge in [-0.05, 0) is 42.6 Å². The average Bonchev–Trinajstić information content (AvgIpc) is 3.34. The highest BCUT2D eigenvalue weighted by molar-refractivity contribution is 7.14. The van der Waals surface area contributed by atoms with E-state index in [2.05, 4.69) is 10.1 Å². The number of thiophene rings is 1. The van der Waals surface area contributed by atoms with Crippen molar-refractivity contribution in [2.24, 2.45) is 10.1 Å². The lowest BCUT2D eigenvalue weighted by atomic mass is 10.1. The van der Waals surface area contributed by atoms with Gasteiger partial charge in [-0.3, -0.25) is 0 Å². The number of phenolic OH excluding ortho intramolecular Hbond substituents is 2. The van der Waals surface area contributed by atoms with Crippen LogP contribution in [0.5, 0.6) is 11.5 Å². The molecule has 0 aliphatic carbocycles. The molecule has 9 heteroatoms. The Kier molecular flexibility index (Phi) is 5.47. The minimum atomic E-state index is -0.774. The Bertz CT molecular complexity index is 1310. The van der Waals surface area contributed by atoms with Crippen LogP contribution in [0.4, 0.5) is 14.5 Å². The summed E-state index contributed by atoms with van der Waals surface area (Å²) in [5.74, 6) is -1.63. The summed E-state index contributed by atoms with van der Waals surface area (Å²) in [6, 6.07) is 11.2. The number of phenols is 2. The van der Waals surface area contributed by atoms with Crippen LogP contribution in [0.2, 0.25) is 0 Å². The summed E-state index contributed by atoms with van der Waals surface area (Å²) in [7, 11) is 0. The second-order valence-electron chi connectivity index (χ2n) is 6.29. The highest BCUT2D eigenvalue weighted by Gasteiger charge is 2.12. The summed E-state index contributed by atoms with van der Waals surface area (Å²) in [5, 5.41) is 28.0. The zero-order valence-electron chi connectivity index (χ0n) is 15.6. The van der Waals surface area contributed by atoms with Crippen molar-refractivity contribution >= 4 is 34.1 Å². The number of hydrogen-bond donors (Lipinski definition) is 2. The Balaban J connectivity index is 1.90. The first-order valence-corrected chi connectivity index (χ1v) is 10.5. The molecule has 5 nitrogen and oxygen atoms in total. The van der Waals surface area contributed by atoms with Crippen molar-refractivity contribution in [2.75, 3.05) is 0 Å². The van der Waals surface area contributed by atoms with E-state index < -0.39 is 11.6 Å². The largest absolute Gasteiger partial charge is 0.508 e. The maximum Gasteiger partial charge on any atom is 0.211 e. The fourth-order valence-electron chi connectivity index (χ4n) is 2.77. The molecule has 0 spiro atoms. The van der Waals surface area contributed by atoms with Crippen LogP contribution in [-0.2, 0) is 0 Å². The molecule has 0 fully saturated rings. The molecule has 2 aromatic carbocycles. The van der Waals surface area contributed by atoms with E-state index in [0.717, 1.165) is 22.7 Å². The van der Waals surface area contributed by atoms with Crippen molar-refractivity contribution in [3.63, 3.8) is 0 Å². The van der Waals surface area contributed by atoms with Gasteiger partial charge in [0.25, 0.3) is 0 Å². The van der Waals surface area contributed by atoms with Gasteiger partial charge in [0, 0.05) is 23.1 Å². The topological polar surface area (TPSA) is 70.1 Å². The van der Waals surface area contributed by atoms with Gasteiger partial charge in [0.15, 0.2) is 5.82 Å². The molecule has 152 valence electrons. The number of rotatable bonds is 4. The van der Waals surface area contributed by atoms with Crippen molar-refractivity contribution < 1.29 is 19.0 Å². The van der Waals surface area contributed by atoms with Gasteiger partial charge in [0.2, 0.25) is 4.80 Å². The van der Waals surface area contributed by atoms with Gasteiger partial charge in [0.1, 0.15) is 23.0 Å². The van der Waals surface area contributed by atoms with Crippen LogP contribution in [0.1, 0.15) is 12.5 Å². The fraction of sp³-hybridized carbons (Fsp3) is 0.0476. The van der Waals surface area contributed by atoms with Crippen LogP contribution in [0.25, 0.3) is 10.6 Å². The zero-order chi connectivity index (χ0) is 21.3. The standard InChI is InChI=1S/C21H15F2N3O2S2/c1-12(15-6-5-14(27)10-19(15)28)25-26-18(20-3-2-8-29-20)11-30-21(26)24-17-7-4-13(22)9-16(17)23/h2-11,27-28H,1H3. The highest BCUT2D eigenvalue weighted by atomic mass is 32.1. The second kappa shape index (κ2) is 8.21. The molecule has 0 saturated heterocycles. The van der Waals surface area contributed by atoms with Crippen molar-refractivity contribution in [1.29, 1.82) is 0 Å². The number of aromatic hydroxyl groups is 2. The number of thiazole rings is 1. The van der Waals surface area contributed by atoms with E-state index in [1.54, 1.807) is 17.7 Å². The minimum Gasteiger partial charge on any atom is -0.508 e. The second-order valence-corrected chi connectivity index (χ2v) is 8.07. The monoisotopic (exact) mass is 443 g/mol. The number of halogens is 2. The van der Waals surface area contributed by atoms with Gasteiger partial charge >= 0.3 is 0 Å². The van der Waals surface area contributed by atoms with Crippen LogP contribution >= 0.6 is 22.7 Å². The van der Waals surface area contributed by atoms with Gasteiger partial charge in [-0.1, -0.05) is 6.07 Å². The van der Waals surface area contributed by atoms with E-state index in [-0.39, 0.29) is 17.2 Å². The summed E-state index contributed by atoms with van der Waals surface area (Å²) in [4.78, 5) is 5.64. The molecule has 0 amide bonds. The lowest BCUT2D eigenvalue weighted by Gasteiger charge is -2.07. The molecule has 0 saturated carbocycles. The Morgan fingerprint density at radius 1 is 1.03 bits per heavy atom. The molecule has 0 radical (unpaired) electrons. The third-order valence-corrected chi connectivity index (χ3v) is 5.91. The molecule has 30 heavy (non-hydrogen) atoms. The molecule has 0 aliphatic rings. The normalized spacial score (nSPS) is 12.5. The van der Waals surface area contributed by atoms with E-state index >= 15 is 0 Å². The van der Waals surface area contributed by atoms with E-state index in [0.29, 0.717) is 16.1 Å². The molecule has 4 aromatic rings. The summed E-state index contributed by atoms with van der Waals surface area (Å²) < 4.78 is 28.9. The molecule has 0 unspecified atom stereocenters. The van der Waals surface area contributed by atoms with Crippen LogP contribution in [0.15, 0.2) is 69.4 Å². The predicted molar refractivity (Wildman–Crippen MR) is 115 cm³/mol. The Morgan fingerprint density at radius 2 is 1.87 bits per heavy atom. The smallest absolute Gasteiger partial charge is 0.211 e. The van der Waals surface area contributed by atoms with Gasteiger partial charge in [-0.25, -0.2) is 18.4 Å². The number of hydrogen-bond acceptors (Lipinski definition) is 6. The average molecular weight is 444 g/mol. The summed E-state index contributed by atoms with van der Waals surface area (Å²) in [5.41, 5.74) is 1.63. The molecule has 2 heterocycles. The summed E-state index contributed by atoms with van der Waals surface area (Å²) >= 11 is 2.77. The van der Waals surface area contributed by atoms with Gasteiger partial charge in [0.05, 0.1) is 16.3 Å². The van der Waals surface area contributed by atoms with Gasteiger partial charge < -0.3 is 10.2 Å². The first kappa shape index (κ1) is 20.0. The predicted octanol–water partition coefficient (Wildman–Crippen LogP) is 5.47. The Labute approximate surface area is 178 Å². The SMILES string of the molecule is CC(=Nn1c(-c2cccs2)csc1=Nc1ccc(F)cc1F)c1ccc(O)cc1O. The first-order chi connectivity index (χ1) is 14.4. The van der Waals surface area contributed by atoms with E-state index in [9.17, 15) is 19.0 Å². The molecule has 0 atom stereocenters. The van der Waals surface area contributed by atoms with Gasteiger partial charge in [-0.2, -0.15) is 5.10 Å². The summed E-state index contributed by atoms with van der Waals surface area (Å²) in [6.07, 6.45) is 0. The minimum absolute atomic E-state index is 0.00920. The summed E-state index contributed by atoms with van der Waals surface area (Å²) in [6.45, 7) is 1.71. The third kappa shape index (κ3) is 4.03. The lowest BCUT2D eigenvalue weighted by molar-refractivity contribution is 0.450. The molecular formula is C21H15F2N3O2S2. The maximum absolute atomic E-state index is 14.1. The van der Waals surface area contributed by atoms with Crippen molar-refractivity contribution in [3.8, 4) is 22.1 Å². The Hall–Kier alpha value is -3.30. The quantitative estimate of drug-likeness (QED) is 0.411. The van der Waals surface area contributed by atoms with E-state index in [1.165, 1.54) is 40.9 Å². The Morgan fingerprint density at radius 3 is 2.57 bits per heavy atom. The molecule has 2 N–H and O–H groups in total. The third-order valence-electron chi connectivity index (χ3n) is 4.21. The maximum atomic E-state index is 14.1. The molecular weight excluding hydrogens is 428 g/mol. The van der Waals surface area contributed by atoms with Crippen molar-refractivity contribution in [2.45, 2.75) is 6.92 Å². The molecule has 2 aromatic heterocycles. The fourth-order valence-corrected chi connectivity index (χ4v) is 4.41. The van der Waals surface area contributed by atoms with Crippen molar-refractivity contribution in [3.05, 3.63) is 81.3 Å².